The SMILES string of the molecule is CC(C)(C)OC(=O)[C@]1(Cc2ccccc2)O[C@H](c2ccccc2)[C@@H]2[C@@H](C(=O)n3c(=O)oc4ccccc43)[C@@H]21. The Morgan fingerprint density at radius 3 is 2.24 bits per heavy atom. The molecule has 2 aliphatic rings. The van der Waals surface area contributed by atoms with Gasteiger partial charge in [-0.15, -0.1) is 0 Å². The van der Waals surface area contributed by atoms with Crippen molar-refractivity contribution in [1.29, 1.82) is 0 Å². The Morgan fingerprint density at radius 1 is 0.921 bits per heavy atom. The van der Waals surface area contributed by atoms with E-state index in [0.717, 1.165) is 15.7 Å². The van der Waals surface area contributed by atoms with E-state index < -0.39 is 40.9 Å². The number of rotatable bonds is 5. The van der Waals surface area contributed by atoms with Crippen LogP contribution >= 0.6 is 0 Å². The molecule has 7 heteroatoms. The quantitative estimate of drug-likeness (QED) is 0.343. The number of nitrogens with zero attached hydrogens (tertiary/aromatic N) is 1. The van der Waals surface area contributed by atoms with Crippen molar-refractivity contribution in [3.8, 4) is 0 Å². The summed E-state index contributed by atoms with van der Waals surface area (Å²) in [6, 6.07) is 26.1. The second-order valence-corrected chi connectivity index (χ2v) is 11.1. The molecule has 0 unspecified atom stereocenters. The second-order valence-electron chi connectivity index (χ2n) is 11.1. The Kier molecular flexibility index (Phi) is 5.65. The van der Waals surface area contributed by atoms with Crippen LogP contribution in [0.4, 0.5) is 0 Å². The zero-order valence-corrected chi connectivity index (χ0v) is 21.5. The lowest BCUT2D eigenvalue weighted by Crippen LogP contribution is -2.49. The summed E-state index contributed by atoms with van der Waals surface area (Å²) >= 11 is 0. The van der Waals surface area contributed by atoms with Crippen LogP contribution in [-0.2, 0) is 20.7 Å². The Balaban J connectivity index is 1.47. The molecule has 2 fully saturated rings. The molecule has 1 saturated heterocycles. The number of carbonyl (C=O) groups excluding carboxylic acids is 2. The van der Waals surface area contributed by atoms with Crippen LogP contribution < -0.4 is 5.76 Å². The van der Waals surface area contributed by atoms with Crippen LogP contribution in [0.15, 0.2) is 94.1 Å². The van der Waals surface area contributed by atoms with E-state index in [9.17, 15) is 14.4 Å². The molecule has 7 nitrogen and oxygen atoms in total. The van der Waals surface area contributed by atoms with Gasteiger partial charge in [-0.05, 0) is 44.0 Å². The molecule has 0 radical (unpaired) electrons. The van der Waals surface area contributed by atoms with Gasteiger partial charge in [0.25, 0.3) is 0 Å². The molecule has 1 saturated carbocycles. The van der Waals surface area contributed by atoms with Crippen molar-refractivity contribution in [2.24, 2.45) is 17.8 Å². The second kappa shape index (κ2) is 8.81. The number of carbonyl (C=O) groups is 2. The summed E-state index contributed by atoms with van der Waals surface area (Å²) in [7, 11) is 0. The molecule has 0 spiro atoms. The number of oxazole rings is 1. The highest BCUT2D eigenvalue weighted by atomic mass is 16.6. The third kappa shape index (κ3) is 3.98. The van der Waals surface area contributed by atoms with Gasteiger partial charge in [-0.3, -0.25) is 4.79 Å². The molecule has 1 aliphatic heterocycles. The Bertz CT molecular complexity index is 1560. The van der Waals surface area contributed by atoms with Gasteiger partial charge in [-0.2, -0.15) is 0 Å². The van der Waals surface area contributed by atoms with Crippen molar-refractivity contribution in [2.45, 2.75) is 44.5 Å². The van der Waals surface area contributed by atoms with Crippen LogP contribution in [0.2, 0.25) is 0 Å². The lowest BCUT2D eigenvalue weighted by atomic mass is 9.88. The van der Waals surface area contributed by atoms with Crippen molar-refractivity contribution in [3.63, 3.8) is 0 Å². The van der Waals surface area contributed by atoms with Crippen LogP contribution in [0.1, 0.15) is 42.8 Å². The summed E-state index contributed by atoms with van der Waals surface area (Å²) in [5.41, 5.74) is 0.376. The molecule has 38 heavy (non-hydrogen) atoms. The highest BCUT2D eigenvalue weighted by molar-refractivity contribution is 5.94. The van der Waals surface area contributed by atoms with Crippen LogP contribution in [0.5, 0.6) is 0 Å². The minimum Gasteiger partial charge on any atom is -0.458 e. The molecule has 6 rings (SSSR count). The molecular formula is C31H29NO6. The van der Waals surface area contributed by atoms with Crippen molar-refractivity contribution >= 4 is 23.0 Å². The predicted molar refractivity (Wildman–Crippen MR) is 141 cm³/mol. The van der Waals surface area contributed by atoms with E-state index in [0.29, 0.717) is 11.1 Å². The zero-order valence-electron chi connectivity index (χ0n) is 21.5. The highest BCUT2D eigenvalue weighted by Gasteiger charge is 2.76. The smallest absolute Gasteiger partial charge is 0.426 e. The maximum atomic E-state index is 14.0. The van der Waals surface area contributed by atoms with E-state index in [1.54, 1.807) is 24.3 Å². The molecule has 2 heterocycles. The van der Waals surface area contributed by atoms with Crippen LogP contribution in [0.3, 0.4) is 0 Å². The average Bonchev–Trinajstić information content (AvgIpc) is 3.41. The normalized spacial score (nSPS) is 26.2. The van der Waals surface area contributed by atoms with Crippen LogP contribution in [0.25, 0.3) is 11.1 Å². The van der Waals surface area contributed by atoms with E-state index in [1.807, 2.05) is 81.4 Å². The molecular weight excluding hydrogens is 482 g/mol. The van der Waals surface area contributed by atoms with Crippen LogP contribution in [0, 0.1) is 17.8 Å². The fourth-order valence-corrected chi connectivity index (χ4v) is 5.95. The average molecular weight is 512 g/mol. The summed E-state index contributed by atoms with van der Waals surface area (Å²) in [5, 5.41) is 0. The summed E-state index contributed by atoms with van der Waals surface area (Å²) in [4.78, 5) is 40.8. The third-order valence-electron chi connectivity index (χ3n) is 7.47. The molecule has 0 N–H and O–H groups in total. The Labute approximate surface area is 220 Å². The zero-order chi connectivity index (χ0) is 26.7. The Morgan fingerprint density at radius 2 is 1.55 bits per heavy atom. The predicted octanol–water partition coefficient (Wildman–Crippen LogP) is 5.19. The topological polar surface area (TPSA) is 87.7 Å². The van der Waals surface area contributed by atoms with E-state index in [-0.39, 0.29) is 18.2 Å². The molecule has 194 valence electrons. The first kappa shape index (κ1) is 24.4. The number of hydrogen-bond donors (Lipinski definition) is 0. The maximum Gasteiger partial charge on any atom is 0.426 e. The minimum absolute atomic E-state index is 0.248. The number of hydrogen-bond acceptors (Lipinski definition) is 6. The molecule has 1 aliphatic carbocycles. The van der Waals surface area contributed by atoms with Gasteiger partial charge < -0.3 is 13.9 Å². The fraction of sp³-hybridized carbons (Fsp3) is 0.323. The van der Waals surface area contributed by atoms with Crippen molar-refractivity contribution in [3.05, 3.63) is 107 Å². The number of para-hydroxylation sites is 2. The van der Waals surface area contributed by atoms with E-state index in [1.165, 1.54) is 0 Å². The molecule has 3 aromatic carbocycles. The number of benzene rings is 3. The Hall–Kier alpha value is -3.97. The fourth-order valence-electron chi connectivity index (χ4n) is 5.95. The van der Waals surface area contributed by atoms with Gasteiger partial charge in [0, 0.05) is 18.3 Å². The van der Waals surface area contributed by atoms with Crippen molar-refractivity contribution in [2.75, 3.05) is 0 Å². The van der Waals surface area contributed by atoms with Crippen molar-refractivity contribution in [1.82, 2.24) is 4.57 Å². The first-order chi connectivity index (χ1) is 18.2. The van der Waals surface area contributed by atoms with Gasteiger partial charge in [0.2, 0.25) is 5.91 Å². The first-order valence-corrected chi connectivity index (χ1v) is 12.8. The van der Waals surface area contributed by atoms with E-state index >= 15 is 0 Å². The summed E-state index contributed by atoms with van der Waals surface area (Å²) in [6.45, 7) is 5.44. The maximum absolute atomic E-state index is 14.0. The molecule has 5 atom stereocenters. The summed E-state index contributed by atoms with van der Waals surface area (Å²) in [6.07, 6.45) is -0.266. The first-order valence-electron chi connectivity index (χ1n) is 12.8. The number of esters is 1. The standard InChI is InChI=1S/C31H29NO6/c1-30(2,3)38-28(34)31(18-19-12-6-4-7-13-19)25-23(26(37-31)20-14-8-5-9-15-20)24(25)27(33)32-21-16-10-11-17-22(21)36-29(32)35/h4-17,23-26H,18H2,1-3H3/t23-,24-,25-,26-,31-/m1/s1. The number of ether oxygens (including phenoxy) is 2. The lowest BCUT2D eigenvalue weighted by Gasteiger charge is -2.35. The van der Waals surface area contributed by atoms with Gasteiger partial charge in [0.05, 0.1) is 17.5 Å². The molecule has 0 bridgehead atoms. The molecule has 1 aromatic heterocycles. The van der Waals surface area contributed by atoms with Gasteiger partial charge in [-0.1, -0.05) is 72.8 Å². The lowest BCUT2D eigenvalue weighted by molar-refractivity contribution is -0.188. The largest absolute Gasteiger partial charge is 0.458 e. The van der Waals surface area contributed by atoms with E-state index in [4.69, 9.17) is 13.9 Å². The molecule has 0 amide bonds. The number of aromatic nitrogens is 1. The van der Waals surface area contributed by atoms with Crippen molar-refractivity contribution < 1.29 is 23.5 Å². The van der Waals surface area contributed by atoms with Gasteiger partial charge in [-0.25, -0.2) is 14.2 Å². The highest BCUT2D eigenvalue weighted by Crippen LogP contribution is 2.68. The number of fused-ring (bicyclic) bond motifs is 2. The van der Waals surface area contributed by atoms with Gasteiger partial charge in [0.1, 0.15) is 5.60 Å². The summed E-state index contributed by atoms with van der Waals surface area (Å²) in [5.74, 6) is -3.02. The summed E-state index contributed by atoms with van der Waals surface area (Å²) < 4.78 is 19.1. The van der Waals surface area contributed by atoms with E-state index in [2.05, 4.69) is 0 Å². The third-order valence-corrected chi connectivity index (χ3v) is 7.47. The van der Waals surface area contributed by atoms with Crippen LogP contribution in [-0.4, -0.2) is 27.6 Å². The molecule has 4 aromatic rings. The van der Waals surface area contributed by atoms with Gasteiger partial charge in [0.15, 0.2) is 11.2 Å². The monoisotopic (exact) mass is 511 g/mol. The minimum atomic E-state index is -1.40. The van der Waals surface area contributed by atoms with Gasteiger partial charge >= 0.3 is 11.7 Å².